The Balaban J connectivity index is 2.01. The summed E-state index contributed by atoms with van der Waals surface area (Å²) in [7, 11) is 2.98. The minimum Gasteiger partial charge on any atom is -0.497 e. The molecule has 0 fully saturated rings. The van der Waals surface area contributed by atoms with Crippen LogP contribution in [0.4, 0.5) is 5.69 Å². The van der Waals surface area contributed by atoms with Gasteiger partial charge in [-0.3, -0.25) is 4.79 Å². The van der Waals surface area contributed by atoms with E-state index in [1.165, 1.54) is 26.4 Å². The highest BCUT2D eigenvalue weighted by Gasteiger charge is 2.15. The number of anilines is 1. The first kappa shape index (κ1) is 20.3. The molecule has 2 aromatic carbocycles. The molecule has 1 amide bonds. The highest BCUT2D eigenvalue weighted by atomic mass is 16.5. The Bertz CT molecular complexity index is 781. The minimum atomic E-state index is -0.627. The van der Waals surface area contributed by atoms with Crippen LogP contribution in [0.15, 0.2) is 42.5 Å². The number of benzene rings is 2. The summed E-state index contributed by atoms with van der Waals surface area (Å²) < 4.78 is 15.4. The minimum absolute atomic E-state index is 0.249. The van der Waals surface area contributed by atoms with Crippen molar-refractivity contribution < 1.29 is 23.8 Å². The van der Waals surface area contributed by atoms with Crippen LogP contribution in [-0.2, 0) is 9.53 Å². The zero-order valence-electron chi connectivity index (χ0n) is 16.1. The van der Waals surface area contributed by atoms with Gasteiger partial charge in [0.25, 0.3) is 5.91 Å². The summed E-state index contributed by atoms with van der Waals surface area (Å²) in [5.41, 5.74) is 2.03. The van der Waals surface area contributed by atoms with Gasteiger partial charge in [0, 0.05) is 11.8 Å². The maximum Gasteiger partial charge on any atom is 0.338 e. The van der Waals surface area contributed by atoms with Gasteiger partial charge in [-0.2, -0.15) is 0 Å². The number of rotatable bonds is 8. The first-order valence-electron chi connectivity index (χ1n) is 8.77. The molecule has 144 valence electrons. The van der Waals surface area contributed by atoms with Crippen LogP contribution in [0, 0.1) is 0 Å². The van der Waals surface area contributed by atoms with Crippen molar-refractivity contribution >= 4 is 17.6 Å². The molecule has 0 aliphatic heterocycles. The van der Waals surface area contributed by atoms with Gasteiger partial charge < -0.3 is 19.5 Å². The zero-order chi connectivity index (χ0) is 19.8. The van der Waals surface area contributed by atoms with E-state index in [4.69, 9.17) is 14.2 Å². The first-order chi connectivity index (χ1) is 13.0. The Morgan fingerprint density at radius 3 is 2.26 bits per heavy atom. The maximum atomic E-state index is 12.2. The van der Waals surface area contributed by atoms with Gasteiger partial charge in [-0.1, -0.05) is 32.0 Å². The number of para-hydroxylation sites is 1. The number of hydrogen-bond acceptors (Lipinski definition) is 5. The molecule has 0 unspecified atom stereocenters. The third-order valence-corrected chi connectivity index (χ3v) is 4.30. The number of carbonyl (C=O) groups excluding carboxylic acids is 2. The Labute approximate surface area is 159 Å². The fraction of sp³-hybridized carbons (Fsp3) is 0.333. The summed E-state index contributed by atoms with van der Waals surface area (Å²) in [6.07, 6.45) is 0.958. The predicted octanol–water partition coefficient (Wildman–Crippen LogP) is 4.01. The average molecular weight is 371 g/mol. The lowest BCUT2D eigenvalue weighted by Gasteiger charge is -2.15. The van der Waals surface area contributed by atoms with Crippen LogP contribution in [0.3, 0.4) is 0 Å². The largest absolute Gasteiger partial charge is 0.497 e. The standard InChI is InChI=1S/C21H25NO5/c1-5-14(2)18-8-6-7-9-19(18)22-20(23)13-27-21(24)15-10-16(25-3)12-17(11-15)26-4/h6-12,14H,5,13H2,1-4H3,(H,22,23)/t14-/m1/s1. The number of ether oxygens (including phenoxy) is 3. The molecule has 0 bridgehead atoms. The van der Waals surface area contributed by atoms with Crippen molar-refractivity contribution in [1.29, 1.82) is 0 Å². The highest BCUT2D eigenvalue weighted by molar-refractivity contribution is 5.96. The molecule has 0 radical (unpaired) electrons. The molecule has 0 heterocycles. The van der Waals surface area contributed by atoms with Crippen molar-refractivity contribution in [1.82, 2.24) is 0 Å². The third kappa shape index (κ3) is 5.48. The number of hydrogen-bond donors (Lipinski definition) is 1. The third-order valence-electron chi connectivity index (χ3n) is 4.30. The van der Waals surface area contributed by atoms with Crippen LogP contribution in [-0.4, -0.2) is 32.7 Å². The van der Waals surface area contributed by atoms with Gasteiger partial charge in [0.15, 0.2) is 6.61 Å². The topological polar surface area (TPSA) is 73.9 Å². The van der Waals surface area contributed by atoms with E-state index >= 15 is 0 Å². The molecule has 0 aliphatic carbocycles. The van der Waals surface area contributed by atoms with Crippen LogP contribution in [0.1, 0.15) is 42.1 Å². The van der Waals surface area contributed by atoms with Crippen molar-refractivity contribution in [2.45, 2.75) is 26.2 Å². The molecule has 1 N–H and O–H groups in total. The summed E-state index contributed by atoms with van der Waals surface area (Å²) in [6, 6.07) is 12.3. The monoisotopic (exact) mass is 371 g/mol. The van der Waals surface area contributed by atoms with Crippen molar-refractivity contribution in [2.24, 2.45) is 0 Å². The molecular weight excluding hydrogens is 346 g/mol. The Morgan fingerprint density at radius 2 is 1.67 bits per heavy atom. The molecule has 0 aliphatic rings. The van der Waals surface area contributed by atoms with E-state index in [1.807, 2.05) is 24.3 Å². The summed E-state index contributed by atoms with van der Waals surface area (Å²) in [5.74, 6) is 0.223. The number of carbonyl (C=O) groups is 2. The molecule has 6 heteroatoms. The van der Waals surface area contributed by atoms with Crippen LogP contribution >= 0.6 is 0 Å². The van der Waals surface area contributed by atoms with Gasteiger partial charge >= 0.3 is 5.97 Å². The number of methoxy groups -OCH3 is 2. The predicted molar refractivity (Wildman–Crippen MR) is 104 cm³/mol. The first-order valence-corrected chi connectivity index (χ1v) is 8.77. The fourth-order valence-electron chi connectivity index (χ4n) is 2.59. The SMILES string of the molecule is CC[C@@H](C)c1ccccc1NC(=O)COC(=O)c1cc(OC)cc(OC)c1. The normalized spacial score (nSPS) is 11.4. The van der Waals surface area contributed by atoms with E-state index in [1.54, 1.807) is 6.07 Å². The van der Waals surface area contributed by atoms with E-state index < -0.39 is 11.9 Å². The smallest absolute Gasteiger partial charge is 0.338 e. The lowest BCUT2D eigenvalue weighted by Crippen LogP contribution is -2.21. The molecule has 27 heavy (non-hydrogen) atoms. The maximum absolute atomic E-state index is 12.2. The quantitative estimate of drug-likeness (QED) is 0.710. The molecule has 0 aromatic heterocycles. The van der Waals surface area contributed by atoms with E-state index in [-0.39, 0.29) is 12.2 Å². The highest BCUT2D eigenvalue weighted by Crippen LogP contribution is 2.26. The molecule has 6 nitrogen and oxygen atoms in total. The van der Waals surface area contributed by atoms with E-state index in [9.17, 15) is 9.59 Å². The van der Waals surface area contributed by atoms with Gasteiger partial charge in [-0.05, 0) is 36.1 Å². The van der Waals surface area contributed by atoms with Crippen molar-refractivity contribution in [2.75, 3.05) is 26.1 Å². The van der Waals surface area contributed by atoms with E-state index in [0.29, 0.717) is 17.4 Å². The molecule has 0 saturated carbocycles. The number of esters is 1. The molecule has 1 atom stereocenters. The van der Waals surface area contributed by atoms with E-state index in [2.05, 4.69) is 19.2 Å². The summed E-state index contributed by atoms with van der Waals surface area (Å²) in [5, 5.41) is 2.81. The van der Waals surface area contributed by atoms with Crippen LogP contribution in [0.5, 0.6) is 11.5 Å². The molecule has 0 saturated heterocycles. The molecule has 2 rings (SSSR count). The van der Waals surface area contributed by atoms with Crippen LogP contribution in [0.25, 0.3) is 0 Å². The summed E-state index contributed by atoms with van der Waals surface area (Å²) in [4.78, 5) is 24.5. The zero-order valence-corrected chi connectivity index (χ0v) is 16.1. The average Bonchev–Trinajstić information content (AvgIpc) is 2.71. The number of nitrogens with one attached hydrogen (secondary N) is 1. The van der Waals surface area contributed by atoms with Gasteiger partial charge in [-0.25, -0.2) is 4.79 Å². The second-order valence-electron chi connectivity index (χ2n) is 6.12. The van der Waals surface area contributed by atoms with Gasteiger partial charge in [0.1, 0.15) is 11.5 Å². The number of amides is 1. The van der Waals surface area contributed by atoms with Crippen molar-refractivity contribution in [3.05, 3.63) is 53.6 Å². The van der Waals surface area contributed by atoms with Gasteiger partial charge in [-0.15, -0.1) is 0 Å². The Hall–Kier alpha value is -3.02. The lowest BCUT2D eigenvalue weighted by atomic mass is 9.97. The second kappa shape index (κ2) is 9.62. The second-order valence-corrected chi connectivity index (χ2v) is 6.12. The lowest BCUT2D eigenvalue weighted by molar-refractivity contribution is -0.119. The van der Waals surface area contributed by atoms with Crippen molar-refractivity contribution in [3.8, 4) is 11.5 Å². The summed E-state index contributed by atoms with van der Waals surface area (Å²) in [6.45, 7) is 3.81. The molecule has 2 aromatic rings. The summed E-state index contributed by atoms with van der Waals surface area (Å²) >= 11 is 0. The van der Waals surface area contributed by atoms with Crippen LogP contribution < -0.4 is 14.8 Å². The van der Waals surface area contributed by atoms with Gasteiger partial charge in [0.05, 0.1) is 19.8 Å². The van der Waals surface area contributed by atoms with Gasteiger partial charge in [0.2, 0.25) is 0 Å². The Morgan fingerprint density at radius 1 is 1.04 bits per heavy atom. The van der Waals surface area contributed by atoms with Crippen molar-refractivity contribution in [3.63, 3.8) is 0 Å². The molecular formula is C21H25NO5. The Kier molecular flexibility index (Phi) is 7.23. The fourth-order valence-corrected chi connectivity index (χ4v) is 2.59. The van der Waals surface area contributed by atoms with Crippen LogP contribution in [0.2, 0.25) is 0 Å². The molecule has 0 spiro atoms. The van der Waals surface area contributed by atoms with E-state index in [0.717, 1.165) is 17.7 Å².